The molecule has 1 aliphatic carbocycles. The third kappa shape index (κ3) is 4.34. The van der Waals surface area contributed by atoms with Crippen LogP contribution in [0.4, 0.5) is 5.69 Å². The van der Waals surface area contributed by atoms with Crippen LogP contribution >= 0.6 is 0 Å². The fourth-order valence-electron chi connectivity index (χ4n) is 3.94. The Bertz CT molecular complexity index is 1070. The number of nitrogens with one attached hydrogen (secondary N) is 1. The monoisotopic (exact) mass is 427 g/mol. The third-order valence-corrected chi connectivity index (χ3v) is 8.20. The summed E-state index contributed by atoms with van der Waals surface area (Å²) in [6.07, 6.45) is 10.2. The lowest BCUT2D eigenvalue weighted by Crippen LogP contribution is -2.43. The van der Waals surface area contributed by atoms with Crippen molar-refractivity contribution in [2.45, 2.75) is 43.9 Å². The highest BCUT2D eigenvalue weighted by atomic mass is 32.2. The topological polar surface area (TPSA) is 101 Å². The summed E-state index contributed by atoms with van der Waals surface area (Å²) in [7, 11) is -3.09. The van der Waals surface area contributed by atoms with Crippen LogP contribution in [0.3, 0.4) is 0 Å². The molecule has 0 spiro atoms. The number of rotatable bonds is 7. The van der Waals surface area contributed by atoms with Crippen LogP contribution in [-0.4, -0.2) is 54.8 Å². The van der Waals surface area contributed by atoms with Crippen LogP contribution in [-0.2, 0) is 10.0 Å². The molecule has 2 fully saturated rings. The molecule has 2 aliphatic rings. The molecule has 2 aromatic rings. The Morgan fingerprint density at radius 2 is 2.07 bits per heavy atom. The van der Waals surface area contributed by atoms with Gasteiger partial charge in [-0.3, -0.25) is 9.98 Å². The summed E-state index contributed by atoms with van der Waals surface area (Å²) in [5, 5.41) is 5.62. The Balaban J connectivity index is 1.56. The number of fused-ring (bicyclic) bond motifs is 1. The SMILES string of the molecule is CCN=CC(=CN)c1cc(NC2CCN(S(=O)(=O)C3CC3)CC2)c2cnccc2c1. The van der Waals surface area contributed by atoms with E-state index >= 15 is 0 Å². The van der Waals surface area contributed by atoms with E-state index in [1.807, 2.05) is 19.2 Å². The summed E-state index contributed by atoms with van der Waals surface area (Å²) in [4.78, 5) is 8.62. The number of aliphatic imine (C=N–C) groups is 1. The molecule has 3 N–H and O–H groups in total. The number of pyridine rings is 1. The molecule has 0 amide bonds. The zero-order valence-corrected chi connectivity index (χ0v) is 18.1. The molecule has 0 bridgehead atoms. The molecule has 30 heavy (non-hydrogen) atoms. The number of nitrogens with zero attached hydrogens (tertiary/aromatic N) is 3. The molecule has 2 heterocycles. The second-order valence-corrected chi connectivity index (χ2v) is 10.1. The van der Waals surface area contributed by atoms with Crippen LogP contribution in [0.25, 0.3) is 16.3 Å². The number of hydrogen-bond donors (Lipinski definition) is 2. The van der Waals surface area contributed by atoms with Gasteiger partial charge in [0, 0.05) is 67.1 Å². The molecule has 1 aliphatic heterocycles. The van der Waals surface area contributed by atoms with E-state index in [4.69, 9.17) is 5.73 Å². The van der Waals surface area contributed by atoms with Gasteiger partial charge in [-0.1, -0.05) is 0 Å². The fourth-order valence-corrected chi connectivity index (χ4v) is 5.81. The van der Waals surface area contributed by atoms with E-state index in [0.717, 1.165) is 53.3 Å². The molecule has 7 nitrogen and oxygen atoms in total. The molecule has 1 saturated heterocycles. The van der Waals surface area contributed by atoms with Crippen LogP contribution in [0.5, 0.6) is 0 Å². The molecule has 8 heteroatoms. The number of sulfonamides is 1. The molecular formula is C22H29N5O2S. The number of nitrogens with two attached hydrogens (primary N) is 1. The smallest absolute Gasteiger partial charge is 0.216 e. The molecular weight excluding hydrogens is 398 g/mol. The summed E-state index contributed by atoms with van der Waals surface area (Å²) in [5.41, 5.74) is 8.71. The Kier molecular flexibility index (Phi) is 6.06. The first-order chi connectivity index (χ1) is 14.5. The fraction of sp³-hybridized carbons (Fsp3) is 0.455. The predicted octanol–water partition coefficient (Wildman–Crippen LogP) is 2.99. The minimum Gasteiger partial charge on any atom is -0.404 e. The van der Waals surface area contributed by atoms with Crippen molar-refractivity contribution in [1.29, 1.82) is 0 Å². The molecule has 0 radical (unpaired) electrons. The lowest BCUT2D eigenvalue weighted by Gasteiger charge is -2.32. The predicted molar refractivity (Wildman–Crippen MR) is 123 cm³/mol. The highest BCUT2D eigenvalue weighted by Gasteiger charge is 2.41. The van der Waals surface area contributed by atoms with E-state index in [-0.39, 0.29) is 11.3 Å². The molecule has 1 aromatic heterocycles. The first-order valence-electron chi connectivity index (χ1n) is 10.6. The molecule has 160 valence electrons. The van der Waals surface area contributed by atoms with Crippen molar-refractivity contribution >= 4 is 38.3 Å². The van der Waals surface area contributed by atoms with Gasteiger partial charge in [0.15, 0.2) is 0 Å². The number of aromatic nitrogens is 1. The molecule has 0 unspecified atom stereocenters. The van der Waals surface area contributed by atoms with Crippen molar-refractivity contribution in [3.8, 4) is 0 Å². The summed E-state index contributed by atoms with van der Waals surface area (Å²) in [6, 6.07) is 6.37. The quantitative estimate of drug-likeness (QED) is 0.662. The van der Waals surface area contributed by atoms with Crippen molar-refractivity contribution < 1.29 is 8.42 Å². The maximum absolute atomic E-state index is 12.5. The largest absolute Gasteiger partial charge is 0.404 e. The van der Waals surface area contributed by atoms with Gasteiger partial charge in [0.05, 0.1) is 5.25 Å². The first-order valence-corrected chi connectivity index (χ1v) is 12.1. The summed E-state index contributed by atoms with van der Waals surface area (Å²) in [6.45, 7) is 3.83. The van der Waals surface area contributed by atoms with Crippen LogP contribution in [0, 0.1) is 0 Å². The van der Waals surface area contributed by atoms with Crippen molar-refractivity contribution in [3.05, 3.63) is 42.4 Å². The van der Waals surface area contributed by atoms with E-state index in [1.165, 1.54) is 0 Å². The average molecular weight is 428 g/mol. The van der Waals surface area contributed by atoms with Gasteiger partial charge < -0.3 is 11.1 Å². The number of hydrogen-bond acceptors (Lipinski definition) is 6. The molecule has 0 atom stereocenters. The van der Waals surface area contributed by atoms with Gasteiger partial charge in [-0.2, -0.15) is 0 Å². The Hall–Kier alpha value is -2.45. The van der Waals surface area contributed by atoms with Gasteiger partial charge in [-0.15, -0.1) is 0 Å². The Morgan fingerprint density at radius 3 is 2.73 bits per heavy atom. The highest BCUT2D eigenvalue weighted by molar-refractivity contribution is 7.90. The first kappa shape index (κ1) is 20.8. The second kappa shape index (κ2) is 8.73. The van der Waals surface area contributed by atoms with Crippen molar-refractivity contribution in [2.75, 3.05) is 25.0 Å². The van der Waals surface area contributed by atoms with Crippen molar-refractivity contribution in [3.63, 3.8) is 0 Å². The van der Waals surface area contributed by atoms with Gasteiger partial charge in [0.25, 0.3) is 0 Å². The van der Waals surface area contributed by atoms with E-state index in [2.05, 4.69) is 27.4 Å². The number of benzene rings is 1. The Morgan fingerprint density at radius 1 is 1.30 bits per heavy atom. The van der Waals surface area contributed by atoms with Gasteiger partial charge in [0.2, 0.25) is 10.0 Å². The maximum Gasteiger partial charge on any atom is 0.216 e. The van der Waals surface area contributed by atoms with Gasteiger partial charge in [-0.25, -0.2) is 12.7 Å². The van der Waals surface area contributed by atoms with Gasteiger partial charge in [0.1, 0.15) is 0 Å². The number of anilines is 1. The lowest BCUT2D eigenvalue weighted by molar-refractivity contribution is 0.329. The van der Waals surface area contributed by atoms with Gasteiger partial charge >= 0.3 is 0 Å². The molecule has 4 rings (SSSR count). The minimum atomic E-state index is -3.09. The standard InChI is InChI=1S/C22H29N5O2S/c1-2-24-14-18(13-23)17-11-16-5-8-25-15-21(16)22(12-17)26-19-6-9-27(10-7-19)30(28,29)20-3-4-20/h5,8,11-15,19-20,26H,2-4,6-7,9-10,23H2,1H3. The summed E-state index contributed by atoms with van der Waals surface area (Å²) < 4.78 is 26.7. The maximum atomic E-state index is 12.5. The van der Waals surface area contributed by atoms with E-state index in [9.17, 15) is 8.42 Å². The zero-order chi connectivity index (χ0) is 21.1. The van der Waals surface area contributed by atoms with E-state index in [1.54, 1.807) is 22.9 Å². The summed E-state index contributed by atoms with van der Waals surface area (Å²) in [5.74, 6) is 0. The van der Waals surface area contributed by atoms with Crippen LogP contribution in [0.1, 0.15) is 38.2 Å². The van der Waals surface area contributed by atoms with Crippen LogP contribution in [0.15, 0.2) is 41.8 Å². The molecule has 1 saturated carbocycles. The van der Waals surface area contributed by atoms with Gasteiger partial charge in [-0.05, 0) is 61.8 Å². The second-order valence-electron chi connectivity index (χ2n) is 7.93. The number of allylic oxidation sites excluding steroid dienone is 1. The number of piperidine rings is 1. The minimum absolute atomic E-state index is 0.139. The highest BCUT2D eigenvalue weighted by Crippen LogP contribution is 2.33. The van der Waals surface area contributed by atoms with Crippen molar-refractivity contribution in [2.24, 2.45) is 10.7 Å². The van der Waals surface area contributed by atoms with E-state index < -0.39 is 10.0 Å². The third-order valence-electron chi connectivity index (χ3n) is 5.80. The normalized spacial score (nSPS) is 19.6. The zero-order valence-electron chi connectivity index (χ0n) is 17.3. The lowest BCUT2D eigenvalue weighted by atomic mass is 10.00. The van der Waals surface area contributed by atoms with Crippen molar-refractivity contribution in [1.82, 2.24) is 9.29 Å². The van der Waals surface area contributed by atoms with Crippen LogP contribution in [0.2, 0.25) is 0 Å². The average Bonchev–Trinajstić information content (AvgIpc) is 3.61. The summed E-state index contributed by atoms with van der Waals surface area (Å²) >= 11 is 0. The Labute approximate surface area is 178 Å². The molecule has 1 aromatic carbocycles. The van der Waals surface area contributed by atoms with Crippen LogP contribution < -0.4 is 11.1 Å². The van der Waals surface area contributed by atoms with E-state index in [0.29, 0.717) is 19.6 Å².